The Hall–Kier alpha value is -1.65. The Kier molecular flexibility index (Phi) is 7.47. The molecule has 5 heteroatoms. The summed E-state index contributed by atoms with van der Waals surface area (Å²) in [5, 5.41) is 0. The van der Waals surface area contributed by atoms with Crippen molar-refractivity contribution in [2.45, 2.75) is 71.8 Å². The van der Waals surface area contributed by atoms with Crippen LogP contribution < -0.4 is 4.74 Å². The molecule has 1 aliphatic heterocycles. The summed E-state index contributed by atoms with van der Waals surface area (Å²) in [4.78, 5) is 23.3. The summed E-state index contributed by atoms with van der Waals surface area (Å²) in [6, 6.07) is 0.421. The molecule has 2 heterocycles. The second-order valence-electron chi connectivity index (χ2n) is 6.67. The maximum Gasteiger partial charge on any atom is 0.316 e. The Balaban J connectivity index is 1.93. The lowest BCUT2D eigenvalue weighted by Crippen LogP contribution is -2.46. The third kappa shape index (κ3) is 5.18. The fourth-order valence-corrected chi connectivity index (χ4v) is 3.32. The number of carbonyl (C=O) groups is 1. The smallest absolute Gasteiger partial charge is 0.316 e. The molecule has 1 fully saturated rings. The average molecular weight is 333 g/mol. The second-order valence-corrected chi connectivity index (χ2v) is 6.67. The molecule has 0 bridgehead atoms. The molecule has 0 aromatic carbocycles. The van der Waals surface area contributed by atoms with Crippen LogP contribution in [0.25, 0.3) is 0 Å². The molecule has 134 valence electrons. The van der Waals surface area contributed by atoms with Crippen LogP contribution in [0, 0.1) is 5.92 Å². The highest BCUT2D eigenvalue weighted by atomic mass is 16.5. The number of rotatable bonds is 8. The van der Waals surface area contributed by atoms with Gasteiger partial charge in [-0.15, -0.1) is 0 Å². The second kappa shape index (κ2) is 9.60. The highest BCUT2D eigenvalue weighted by Crippen LogP contribution is 2.21. The van der Waals surface area contributed by atoms with Crippen LogP contribution in [0.3, 0.4) is 0 Å². The van der Waals surface area contributed by atoms with Gasteiger partial charge in [-0.3, -0.25) is 4.79 Å². The van der Waals surface area contributed by atoms with Crippen LogP contribution in [0.5, 0.6) is 6.01 Å². The van der Waals surface area contributed by atoms with Crippen LogP contribution >= 0.6 is 0 Å². The summed E-state index contributed by atoms with van der Waals surface area (Å²) in [6.07, 6.45) is 10.6. The first kappa shape index (κ1) is 18.7. The molecule has 1 unspecified atom stereocenters. The standard InChI is InChI=1S/C19H31N3O2/c1-4-8-16(9-5-2)18(23)22-11-7-10-17(14-22)24-19-20-12-15(6-3)13-21-19/h12-13,16-17H,4-11,14H2,1-3H3. The van der Waals surface area contributed by atoms with E-state index in [9.17, 15) is 4.79 Å². The van der Waals surface area contributed by atoms with Gasteiger partial charge in [-0.25, -0.2) is 9.97 Å². The van der Waals surface area contributed by atoms with E-state index >= 15 is 0 Å². The SMILES string of the molecule is CCCC(CCC)C(=O)N1CCCC(Oc2ncc(CC)cn2)C1. The summed E-state index contributed by atoms with van der Waals surface area (Å²) < 4.78 is 5.92. The van der Waals surface area contributed by atoms with Gasteiger partial charge in [0.25, 0.3) is 0 Å². The molecule has 1 aromatic heterocycles. The Labute approximate surface area is 145 Å². The van der Waals surface area contributed by atoms with Gasteiger partial charge in [-0.05, 0) is 37.7 Å². The van der Waals surface area contributed by atoms with Crippen LogP contribution in [-0.2, 0) is 11.2 Å². The van der Waals surface area contributed by atoms with Gasteiger partial charge < -0.3 is 9.64 Å². The van der Waals surface area contributed by atoms with Gasteiger partial charge in [-0.2, -0.15) is 0 Å². The molecule has 1 aliphatic rings. The van der Waals surface area contributed by atoms with Crippen molar-refractivity contribution in [1.29, 1.82) is 0 Å². The number of nitrogens with zero attached hydrogens (tertiary/aromatic N) is 3. The van der Waals surface area contributed by atoms with Crippen molar-refractivity contribution >= 4 is 5.91 Å². The lowest BCUT2D eigenvalue weighted by Gasteiger charge is -2.34. The first-order valence-corrected chi connectivity index (χ1v) is 9.44. The van der Waals surface area contributed by atoms with Gasteiger partial charge in [0.15, 0.2) is 0 Å². The fourth-order valence-electron chi connectivity index (χ4n) is 3.32. The number of ether oxygens (including phenoxy) is 1. The largest absolute Gasteiger partial charge is 0.458 e. The molecule has 0 spiro atoms. The number of likely N-dealkylation sites (tertiary alicyclic amines) is 1. The molecule has 24 heavy (non-hydrogen) atoms. The third-order valence-corrected chi connectivity index (χ3v) is 4.68. The lowest BCUT2D eigenvalue weighted by molar-refractivity contribution is -0.138. The summed E-state index contributed by atoms with van der Waals surface area (Å²) in [7, 11) is 0. The monoisotopic (exact) mass is 333 g/mol. The first-order valence-electron chi connectivity index (χ1n) is 9.44. The molecule has 2 rings (SSSR count). The van der Waals surface area contributed by atoms with Crippen molar-refractivity contribution in [2.75, 3.05) is 13.1 Å². The van der Waals surface area contributed by atoms with Crippen molar-refractivity contribution in [3.8, 4) is 6.01 Å². The number of hydrogen-bond donors (Lipinski definition) is 0. The average Bonchev–Trinajstić information content (AvgIpc) is 2.62. The molecule has 0 N–H and O–H groups in total. The van der Waals surface area contributed by atoms with Crippen molar-refractivity contribution in [1.82, 2.24) is 14.9 Å². The third-order valence-electron chi connectivity index (χ3n) is 4.68. The minimum atomic E-state index is -0.000852. The summed E-state index contributed by atoms with van der Waals surface area (Å²) in [5.41, 5.74) is 1.10. The Morgan fingerprint density at radius 2 is 1.92 bits per heavy atom. The van der Waals surface area contributed by atoms with Gasteiger partial charge in [0, 0.05) is 24.9 Å². The van der Waals surface area contributed by atoms with Crippen molar-refractivity contribution in [3.05, 3.63) is 18.0 Å². The van der Waals surface area contributed by atoms with E-state index in [1.807, 2.05) is 17.3 Å². The highest BCUT2D eigenvalue weighted by Gasteiger charge is 2.29. The van der Waals surface area contributed by atoms with Crippen LogP contribution in [-0.4, -0.2) is 40.0 Å². The van der Waals surface area contributed by atoms with Gasteiger partial charge in [0.1, 0.15) is 6.10 Å². The molecule has 1 amide bonds. The zero-order valence-corrected chi connectivity index (χ0v) is 15.3. The van der Waals surface area contributed by atoms with E-state index in [-0.39, 0.29) is 12.0 Å². The van der Waals surface area contributed by atoms with E-state index < -0.39 is 0 Å². The predicted octanol–water partition coefficient (Wildman–Crippen LogP) is 3.63. The molecule has 5 nitrogen and oxygen atoms in total. The van der Waals surface area contributed by atoms with E-state index in [0.29, 0.717) is 18.5 Å². The Morgan fingerprint density at radius 3 is 2.50 bits per heavy atom. The highest BCUT2D eigenvalue weighted by molar-refractivity contribution is 5.79. The van der Waals surface area contributed by atoms with E-state index in [1.165, 1.54) is 0 Å². The van der Waals surface area contributed by atoms with Crippen LogP contribution in [0.1, 0.15) is 64.9 Å². The number of piperidine rings is 1. The van der Waals surface area contributed by atoms with Crippen LogP contribution in [0.15, 0.2) is 12.4 Å². The summed E-state index contributed by atoms with van der Waals surface area (Å²) in [6.45, 7) is 7.87. The molecule has 0 radical (unpaired) electrons. The van der Waals surface area contributed by atoms with Crippen LogP contribution in [0.2, 0.25) is 0 Å². The van der Waals surface area contributed by atoms with Crippen molar-refractivity contribution < 1.29 is 9.53 Å². The molecular formula is C19H31N3O2. The number of aromatic nitrogens is 2. The Bertz CT molecular complexity index is 498. The van der Waals surface area contributed by atoms with E-state index in [1.54, 1.807) is 0 Å². The van der Waals surface area contributed by atoms with Gasteiger partial charge >= 0.3 is 6.01 Å². The number of hydrogen-bond acceptors (Lipinski definition) is 4. The molecule has 1 saturated heterocycles. The summed E-state index contributed by atoms with van der Waals surface area (Å²) in [5.74, 6) is 0.466. The minimum Gasteiger partial charge on any atom is -0.458 e. The Morgan fingerprint density at radius 1 is 1.25 bits per heavy atom. The van der Waals surface area contributed by atoms with Gasteiger partial charge in [0.05, 0.1) is 6.54 Å². The number of aryl methyl sites for hydroxylation is 1. The maximum absolute atomic E-state index is 12.8. The van der Waals surface area contributed by atoms with Crippen LogP contribution in [0.4, 0.5) is 0 Å². The predicted molar refractivity (Wildman–Crippen MR) is 94.9 cm³/mol. The van der Waals surface area contributed by atoms with Gasteiger partial charge in [0.2, 0.25) is 5.91 Å². The normalized spacial score (nSPS) is 18.0. The lowest BCUT2D eigenvalue weighted by atomic mass is 9.95. The quantitative estimate of drug-likeness (QED) is 0.729. The topological polar surface area (TPSA) is 55.3 Å². The molecule has 1 aromatic rings. The minimum absolute atomic E-state index is 0.000852. The zero-order chi connectivity index (χ0) is 17.4. The summed E-state index contributed by atoms with van der Waals surface area (Å²) >= 11 is 0. The molecule has 1 atom stereocenters. The maximum atomic E-state index is 12.8. The number of amides is 1. The molecule has 0 aliphatic carbocycles. The first-order chi connectivity index (χ1) is 11.7. The van der Waals surface area contributed by atoms with E-state index in [4.69, 9.17) is 4.74 Å². The molecular weight excluding hydrogens is 302 g/mol. The molecule has 0 saturated carbocycles. The van der Waals surface area contributed by atoms with E-state index in [0.717, 1.165) is 57.1 Å². The van der Waals surface area contributed by atoms with Crippen molar-refractivity contribution in [3.63, 3.8) is 0 Å². The van der Waals surface area contributed by atoms with Gasteiger partial charge in [-0.1, -0.05) is 33.6 Å². The fraction of sp³-hybridized carbons (Fsp3) is 0.737. The zero-order valence-electron chi connectivity index (χ0n) is 15.3. The van der Waals surface area contributed by atoms with E-state index in [2.05, 4.69) is 30.7 Å². The van der Waals surface area contributed by atoms with Crippen molar-refractivity contribution in [2.24, 2.45) is 5.92 Å². The number of carbonyl (C=O) groups excluding carboxylic acids is 1.